The molecular weight excluding hydrogens is 428 g/mol. The Balaban J connectivity index is 1.52. The van der Waals surface area contributed by atoms with Crippen LogP contribution >= 0.6 is 23.5 Å². The average molecular weight is 465 g/mol. The molecule has 6 nitrogen and oxygen atoms in total. The van der Waals surface area contributed by atoms with Crippen LogP contribution in [0.4, 0.5) is 5.69 Å². The fraction of sp³-hybridized carbons (Fsp3) is 0.652. The van der Waals surface area contributed by atoms with E-state index in [1.54, 1.807) is 23.5 Å². The van der Waals surface area contributed by atoms with Crippen molar-refractivity contribution in [1.29, 1.82) is 0 Å². The van der Waals surface area contributed by atoms with E-state index in [2.05, 4.69) is 16.0 Å². The lowest BCUT2D eigenvalue weighted by molar-refractivity contribution is -0.129. The molecule has 8 heteroatoms. The summed E-state index contributed by atoms with van der Waals surface area (Å²) in [5.74, 6) is 3.81. The van der Waals surface area contributed by atoms with Gasteiger partial charge in [0.05, 0.1) is 6.04 Å². The van der Waals surface area contributed by atoms with Gasteiger partial charge in [0, 0.05) is 43.7 Å². The smallest absolute Gasteiger partial charge is 0.243 e. The zero-order valence-corrected chi connectivity index (χ0v) is 20.3. The van der Waals surface area contributed by atoms with Gasteiger partial charge in [-0.05, 0) is 42.2 Å². The molecule has 3 N–H and O–H groups in total. The molecule has 0 unspecified atom stereocenters. The summed E-state index contributed by atoms with van der Waals surface area (Å²) in [5, 5.41) is 9.22. The molecule has 2 amide bonds. The van der Waals surface area contributed by atoms with E-state index in [0.717, 1.165) is 34.6 Å². The van der Waals surface area contributed by atoms with Gasteiger partial charge in [-0.2, -0.15) is 11.8 Å². The minimum absolute atomic E-state index is 0.0706. The van der Waals surface area contributed by atoms with Crippen LogP contribution in [0.15, 0.2) is 24.3 Å². The van der Waals surface area contributed by atoms with Gasteiger partial charge < -0.3 is 15.5 Å². The number of hydrogen-bond donors (Lipinski definition) is 3. The second-order valence-corrected chi connectivity index (χ2v) is 10.8. The molecule has 3 rings (SSSR count). The van der Waals surface area contributed by atoms with Crippen molar-refractivity contribution in [1.82, 2.24) is 16.0 Å². The zero-order valence-electron chi connectivity index (χ0n) is 18.7. The van der Waals surface area contributed by atoms with Gasteiger partial charge in [-0.3, -0.25) is 14.9 Å². The van der Waals surface area contributed by atoms with Gasteiger partial charge in [0.1, 0.15) is 6.04 Å². The summed E-state index contributed by atoms with van der Waals surface area (Å²) in [6.45, 7) is 0.462. The van der Waals surface area contributed by atoms with Crippen molar-refractivity contribution in [2.24, 2.45) is 5.92 Å². The number of anilines is 1. The summed E-state index contributed by atoms with van der Waals surface area (Å²) in [5.41, 5.74) is 2.18. The molecular formula is C23H36N4O2S2. The summed E-state index contributed by atoms with van der Waals surface area (Å²) in [6, 6.07) is 7.44. The van der Waals surface area contributed by atoms with Crippen LogP contribution in [0.2, 0.25) is 0 Å². The first-order chi connectivity index (χ1) is 15.0. The van der Waals surface area contributed by atoms with E-state index in [0.29, 0.717) is 12.3 Å². The molecule has 1 saturated carbocycles. The van der Waals surface area contributed by atoms with Gasteiger partial charge in [-0.15, -0.1) is 11.8 Å². The van der Waals surface area contributed by atoms with Gasteiger partial charge >= 0.3 is 0 Å². The van der Waals surface area contributed by atoms with E-state index in [1.165, 1.54) is 32.1 Å². The summed E-state index contributed by atoms with van der Waals surface area (Å²) in [7, 11) is 4.01. The van der Waals surface area contributed by atoms with E-state index < -0.39 is 6.04 Å². The molecule has 172 valence electrons. The van der Waals surface area contributed by atoms with E-state index in [4.69, 9.17) is 0 Å². The lowest BCUT2D eigenvalue weighted by Gasteiger charge is -2.23. The van der Waals surface area contributed by atoms with Crippen LogP contribution in [-0.2, 0) is 16.1 Å². The third-order valence-corrected chi connectivity index (χ3v) is 8.16. The highest BCUT2D eigenvalue weighted by atomic mass is 32.2. The molecule has 1 aromatic carbocycles. The summed E-state index contributed by atoms with van der Waals surface area (Å²) >= 11 is 3.51. The molecule has 0 spiro atoms. The zero-order chi connectivity index (χ0) is 22.1. The second kappa shape index (κ2) is 12.6. The van der Waals surface area contributed by atoms with E-state index in [1.807, 2.05) is 43.3 Å². The number of thioether (sulfide) groups is 2. The Hall–Kier alpha value is -1.38. The molecule has 0 aromatic heterocycles. The first kappa shape index (κ1) is 24.3. The van der Waals surface area contributed by atoms with Crippen LogP contribution in [0.1, 0.15) is 37.7 Å². The number of carbonyl (C=O) groups is 2. The second-order valence-electron chi connectivity index (χ2n) is 8.65. The molecule has 0 bridgehead atoms. The first-order valence-electron chi connectivity index (χ1n) is 11.3. The van der Waals surface area contributed by atoms with Crippen LogP contribution < -0.4 is 20.9 Å². The fourth-order valence-corrected chi connectivity index (χ4v) is 6.16. The number of carbonyl (C=O) groups excluding carboxylic acids is 2. The molecule has 2 atom stereocenters. The van der Waals surface area contributed by atoms with E-state index in [-0.39, 0.29) is 17.9 Å². The lowest BCUT2D eigenvalue weighted by Crippen LogP contribution is -2.53. The Kier molecular flexibility index (Phi) is 9.87. The Morgan fingerprint density at radius 2 is 1.94 bits per heavy atom. The standard InChI is InChI=1S/C23H36N4O2S2/c1-27(2)19-10-8-17(9-11-19)12-24-22(28)21(26-23(29)20-14-31-16-25-20)15-30-13-18-6-4-3-5-7-18/h8-11,18,20-21,25H,3-7,12-16H2,1-2H3,(H,24,28)(H,26,29)/t20-,21-/m0/s1. The van der Waals surface area contributed by atoms with Crippen molar-refractivity contribution >= 4 is 41.0 Å². The quantitative estimate of drug-likeness (QED) is 0.495. The van der Waals surface area contributed by atoms with Crippen LogP contribution in [0.3, 0.4) is 0 Å². The molecule has 1 aromatic rings. The van der Waals surface area contributed by atoms with Gasteiger partial charge in [-0.25, -0.2) is 0 Å². The van der Waals surface area contributed by atoms with Crippen molar-refractivity contribution in [3.05, 3.63) is 29.8 Å². The molecule has 31 heavy (non-hydrogen) atoms. The summed E-state index contributed by atoms with van der Waals surface area (Å²) in [4.78, 5) is 27.6. The lowest BCUT2D eigenvalue weighted by atomic mass is 9.91. The number of rotatable bonds is 10. The fourth-order valence-electron chi connectivity index (χ4n) is 3.95. The number of hydrogen-bond acceptors (Lipinski definition) is 6. The maximum atomic E-state index is 13.0. The van der Waals surface area contributed by atoms with E-state index >= 15 is 0 Å². The molecule has 1 aliphatic heterocycles. The van der Waals surface area contributed by atoms with Crippen molar-refractivity contribution in [2.75, 3.05) is 42.1 Å². The molecule has 2 aliphatic rings. The predicted octanol–water partition coefficient (Wildman–Crippen LogP) is 2.83. The van der Waals surface area contributed by atoms with E-state index in [9.17, 15) is 9.59 Å². The Morgan fingerprint density at radius 3 is 2.58 bits per heavy atom. The summed E-state index contributed by atoms with van der Waals surface area (Å²) < 4.78 is 0. The predicted molar refractivity (Wildman–Crippen MR) is 133 cm³/mol. The minimum Gasteiger partial charge on any atom is -0.378 e. The largest absolute Gasteiger partial charge is 0.378 e. The topological polar surface area (TPSA) is 73.5 Å². The first-order valence-corrected chi connectivity index (χ1v) is 13.6. The summed E-state index contributed by atoms with van der Waals surface area (Å²) in [6.07, 6.45) is 6.59. The number of nitrogens with one attached hydrogen (secondary N) is 3. The molecule has 2 fully saturated rings. The molecule has 0 radical (unpaired) electrons. The number of amides is 2. The third kappa shape index (κ3) is 7.91. The van der Waals surface area contributed by atoms with Gasteiger partial charge in [-0.1, -0.05) is 31.4 Å². The molecule has 1 heterocycles. The normalized spacial score (nSPS) is 20.3. The van der Waals surface area contributed by atoms with Gasteiger partial charge in [0.25, 0.3) is 0 Å². The van der Waals surface area contributed by atoms with Crippen LogP contribution in [0.5, 0.6) is 0 Å². The number of benzene rings is 1. The van der Waals surface area contributed by atoms with Gasteiger partial charge in [0.2, 0.25) is 11.8 Å². The molecule has 1 aliphatic carbocycles. The Labute approximate surface area is 195 Å². The highest BCUT2D eigenvalue weighted by Gasteiger charge is 2.28. The number of nitrogens with zero attached hydrogens (tertiary/aromatic N) is 1. The highest BCUT2D eigenvalue weighted by Crippen LogP contribution is 2.27. The monoisotopic (exact) mass is 464 g/mol. The SMILES string of the molecule is CN(C)c1ccc(CNC(=O)[C@H](CSCC2CCCCC2)NC(=O)[C@@H]2CSCN2)cc1. The minimum atomic E-state index is -0.505. The third-order valence-electron chi connectivity index (χ3n) is 5.95. The highest BCUT2D eigenvalue weighted by molar-refractivity contribution is 7.99. The van der Waals surface area contributed by atoms with Crippen molar-refractivity contribution in [2.45, 2.75) is 50.7 Å². The molecule has 1 saturated heterocycles. The van der Waals surface area contributed by atoms with Crippen LogP contribution in [0, 0.1) is 5.92 Å². The maximum absolute atomic E-state index is 13.0. The Morgan fingerprint density at radius 1 is 1.19 bits per heavy atom. The van der Waals surface area contributed by atoms with Crippen molar-refractivity contribution in [3.8, 4) is 0 Å². The average Bonchev–Trinajstić information content (AvgIpc) is 3.33. The van der Waals surface area contributed by atoms with Gasteiger partial charge in [0.15, 0.2) is 0 Å². The maximum Gasteiger partial charge on any atom is 0.243 e. The van der Waals surface area contributed by atoms with Crippen LogP contribution in [0.25, 0.3) is 0 Å². The van der Waals surface area contributed by atoms with Crippen molar-refractivity contribution in [3.63, 3.8) is 0 Å². The Bertz CT molecular complexity index is 702. The van der Waals surface area contributed by atoms with Crippen LogP contribution in [-0.4, -0.2) is 61.1 Å². The van der Waals surface area contributed by atoms with Crippen molar-refractivity contribution < 1.29 is 9.59 Å².